The highest BCUT2D eigenvalue weighted by Crippen LogP contribution is 2.35. The number of hydrogen-bond acceptors (Lipinski definition) is 1. The van der Waals surface area contributed by atoms with E-state index < -0.39 is 11.6 Å². The van der Waals surface area contributed by atoms with Gasteiger partial charge in [-0.1, -0.05) is 31.9 Å². The largest absolute Gasteiger partial charge is 0.325 e. The van der Waals surface area contributed by atoms with Crippen molar-refractivity contribution in [2.75, 3.05) is 0 Å². The van der Waals surface area contributed by atoms with Gasteiger partial charge in [-0.25, -0.2) is 8.78 Å². The van der Waals surface area contributed by atoms with Crippen molar-refractivity contribution in [2.45, 2.75) is 57.4 Å². The SMILES string of the molecule is CCCC1CCC(N)(Cc2cccc(F)c2F)CC1. The third-order valence-electron chi connectivity index (χ3n) is 4.37. The van der Waals surface area contributed by atoms with E-state index in [1.165, 1.54) is 12.8 Å². The summed E-state index contributed by atoms with van der Waals surface area (Å²) >= 11 is 0. The third-order valence-corrected chi connectivity index (χ3v) is 4.37. The maximum Gasteiger partial charge on any atom is 0.162 e. The standard InChI is InChI=1S/C16H23F2N/c1-2-4-12-7-9-16(19,10-8-12)11-13-5-3-6-14(17)15(13)18/h3,5-6,12H,2,4,7-11,19H2,1H3. The molecule has 106 valence electrons. The van der Waals surface area contributed by atoms with E-state index >= 15 is 0 Å². The average Bonchev–Trinajstić information content (AvgIpc) is 2.38. The molecule has 1 nitrogen and oxygen atoms in total. The van der Waals surface area contributed by atoms with Gasteiger partial charge in [0.2, 0.25) is 0 Å². The Bertz CT molecular complexity index is 423. The molecule has 0 amide bonds. The number of nitrogens with two attached hydrogens (primary N) is 1. The van der Waals surface area contributed by atoms with Crippen LogP contribution in [-0.4, -0.2) is 5.54 Å². The van der Waals surface area contributed by atoms with Gasteiger partial charge in [-0.05, 0) is 49.7 Å². The van der Waals surface area contributed by atoms with Crippen molar-refractivity contribution >= 4 is 0 Å². The van der Waals surface area contributed by atoms with Crippen molar-refractivity contribution in [3.63, 3.8) is 0 Å². The third kappa shape index (κ3) is 3.53. The number of benzene rings is 1. The zero-order valence-electron chi connectivity index (χ0n) is 11.6. The van der Waals surface area contributed by atoms with Crippen LogP contribution in [0, 0.1) is 17.6 Å². The van der Waals surface area contributed by atoms with Gasteiger partial charge in [0, 0.05) is 5.54 Å². The van der Waals surface area contributed by atoms with Gasteiger partial charge in [0.1, 0.15) is 0 Å². The Kier molecular flexibility index (Phi) is 4.56. The summed E-state index contributed by atoms with van der Waals surface area (Å²) in [6, 6.07) is 4.35. The molecule has 1 aliphatic carbocycles. The minimum absolute atomic E-state index is 0.362. The van der Waals surface area contributed by atoms with E-state index in [1.54, 1.807) is 12.1 Å². The molecule has 0 radical (unpaired) electrons. The molecule has 0 aliphatic heterocycles. The van der Waals surface area contributed by atoms with Gasteiger partial charge in [0.15, 0.2) is 11.6 Å². The zero-order chi connectivity index (χ0) is 13.9. The Morgan fingerprint density at radius 1 is 1.26 bits per heavy atom. The lowest BCUT2D eigenvalue weighted by atomic mass is 9.73. The monoisotopic (exact) mass is 267 g/mol. The van der Waals surface area contributed by atoms with Gasteiger partial charge in [-0.2, -0.15) is 0 Å². The first-order chi connectivity index (χ1) is 9.04. The van der Waals surface area contributed by atoms with Gasteiger partial charge in [0.25, 0.3) is 0 Å². The van der Waals surface area contributed by atoms with Crippen molar-refractivity contribution < 1.29 is 8.78 Å². The average molecular weight is 267 g/mol. The van der Waals surface area contributed by atoms with Crippen LogP contribution in [0.25, 0.3) is 0 Å². The minimum atomic E-state index is -0.777. The number of hydrogen-bond donors (Lipinski definition) is 1. The molecule has 1 fully saturated rings. The van der Waals surface area contributed by atoms with E-state index in [9.17, 15) is 8.78 Å². The number of rotatable bonds is 4. The fraction of sp³-hybridized carbons (Fsp3) is 0.625. The second kappa shape index (κ2) is 6.00. The summed E-state index contributed by atoms with van der Waals surface area (Å²) in [5.41, 5.74) is 6.43. The van der Waals surface area contributed by atoms with Crippen molar-refractivity contribution in [1.29, 1.82) is 0 Å². The summed E-state index contributed by atoms with van der Waals surface area (Å²) in [6.07, 6.45) is 6.95. The normalized spacial score (nSPS) is 27.5. The molecule has 2 rings (SSSR count). The molecule has 1 aliphatic rings. The summed E-state index contributed by atoms with van der Waals surface area (Å²) in [6.45, 7) is 2.20. The quantitative estimate of drug-likeness (QED) is 0.869. The molecule has 0 bridgehead atoms. The predicted molar refractivity (Wildman–Crippen MR) is 73.8 cm³/mol. The van der Waals surface area contributed by atoms with Crippen molar-refractivity contribution in [3.05, 3.63) is 35.4 Å². The summed E-state index contributed by atoms with van der Waals surface area (Å²) in [5, 5.41) is 0. The molecule has 3 heteroatoms. The van der Waals surface area contributed by atoms with E-state index in [0.717, 1.165) is 37.7 Å². The molecule has 0 heterocycles. The van der Waals surface area contributed by atoms with E-state index in [2.05, 4.69) is 6.92 Å². The maximum absolute atomic E-state index is 13.7. The Hall–Kier alpha value is -0.960. The molecule has 19 heavy (non-hydrogen) atoms. The highest BCUT2D eigenvalue weighted by atomic mass is 19.2. The lowest BCUT2D eigenvalue weighted by Gasteiger charge is -2.37. The summed E-state index contributed by atoms with van der Waals surface area (Å²) in [5.74, 6) is -0.747. The van der Waals surface area contributed by atoms with E-state index in [-0.39, 0.29) is 5.54 Å². The molecule has 0 aromatic heterocycles. The summed E-state index contributed by atoms with van der Waals surface area (Å²) < 4.78 is 26.9. The molecule has 0 unspecified atom stereocenters. The van der Waals surface area contributed by atoms with Gasteiger partial charge in [-0.15, -0.1) is 0 Å². The van der Waals surface area contributed by atoms with Crippen LogP contribution in [-0.2, 0) is 6.42 Å². The molecule has 1 aromatic carbocycles. The van der Waals surface area contributed by atoms with E-state index in [1.807, 2.05) is 0 Å². The molecule has 0 spiro atoms. The van der Waals surface area contributed by atoms with Crippen LogP contribution in [0.3, 0.4) is 0 Å². The molecule has 0 atom stereocenters. The smallest absolute Gasteiger partial charge is 0.162 e. The molecule has 2 N–H and O–H groups in total. The maximum atomic E-state index is 13.7. The summed E-state index contributed by atoms with van der Waals surface area (Å²) in [4.78, 5) is 0. The Labute approximate surface area is 114 Å². The van der Waals surface area contributed by atoms with Gasteiger partial charge in [-0.3, -0.25) is 0 Å². The van der Waals surface area contributed by atoms with Crippen molar-refractivity contribution in [3.8, 4) is 0 Å². The van der Waals surface area contributed by atoms with Crippen LogP contribution < -0.4 is 5.73 Å². The fourth-order valence-corrected chi connectivity index (χ4v) is 3.19. The minimum Gasteiger partial charge on any atom is -0.325 e. The van der Waals surface area contributed by atoms with Crippen LogP contribution in [0.1, 0.15) is 51.0 Å². The first-order valence-corrected chi connectivity index (χ1v) is 7.26. The van der Waals surface area contributed by atoms with Crippen LogP contribution in [0.5, 0.6) is 0 Å². The topological polar surface area (TPSA) is 26.0 Å². The van der Waals surface area contributed by atoms with Crippen LogP contribution in [0.2, 0.25) is 0 Å². The van der Waals surface area contributed by atoms with E-state index in [0.29, 0.717) is 12.0 Å². The van der Waals surface area contributed by atoms with Gasteiger partial charge in [0.05, 0.1) is 0 Å². The predicted octanol–water partition coefficient (Wildman–Crippen LogP) is 4.20. The van der Waals surface area contributed by atoms with E-state index in [4.69, 9.17) is 5.73 Å². The molecular formula is C16H23F2N. The molecular weight excluding hydrogens is 244 g/mol. The van der Waals surface area contributed by atoms with Crippen molar-refractivity contribution in [1.82, 2.24) is 0 Å². The second-order valence-electron chi connectivity index (χ2n) is 5.98. The van der Waals surface area contributed by atoms with Crippen molar-refractivity contribution in [2.24, 2.45) is 11.7 Å². The molecule has 1 saturated carbocycles. The van der Waals surface area contributed by atoms with Crippen LogP contribution in [0.4, 0.5) is 8.78 Å². The highest BCUT2D eigenvalue weighted by molar-refractivity contribution is 5.21. The fourth-order valence-electron chi connectivity index (χ4n) is 3.19. The van der Waals surface area contributed by atoms with Gasteiger partial charge >= 0.3 is 0 Å². The highest BCUT2D eigenvalue weighted by Gasteiger charge is 2.32. The first kappa shape index (κ1) is 14.4. The second-order valence-corrected chi connectivity index (χ2v) is 5.98. The molecule has 1 aromatic rings. The van der Waals surface area contributed by atoms with Crippen LogP contribution in [0.15, 0.2) is 18.2 Å². The first-order valence-electron chi connectivity index (χ1n) is 7.26. The lowest BCUT2D eigenvalue weighted by Crippen LogP contribution is -2.45. The Morgan fingerprint density at radius 3 is 2.58 bits per heavy atom. The Balaban J connectivity index is 2.01. The number of halogens is 2. The van der Waals surface area contributed by atoms with Crippen LogP contribution >= 0.6 is 0 Å². The van der Waals surface area contributed by atoms with Gasteiger partial charge < -0.3 is 5.73 Å². The molecule has 0 saturated heterocycles. The Morgan fingerprint density at radius 2 is 1.95 bits per heavy atom. The zero-order valence-corrected chi connectivity index (χ0v) is 11.6. The summed E-state index contributed by atoms with van der Waals surface area (Å²) in [7, 11) is 0. The lowest BCUT2D eigenvalue weighted by molar-refractivity contribution is 0.221.